The second-order valence-corrected chi connectivity index (χ2v) is 7.43. The summed E-state index contributed by atoms with van der Waals surface area (Å²) in [7, 11) is 0. The average Bonchev–Trinajstić information content (AvgIpc) is 3.22. The number of hydrogen-bond acceptors (Lipinski definition) is 2. The molecule has 0 atom stereocenters. The number of H-pyrrole nitrogens is 1. The summed E-state index contributed by atoms with van der Waals surface area (Å²) in [5.41, 5.74) is 8.11. The van der Waals surface area contributed by atoms with Gasteiger partial charge in [-0.15, -0.1) is 0 Å². The number of allylic oxidation sites excluding steroid dienone is 1. The van der Waals surface area contributed by atoms with Gasteiger partial charge in [0.2, 0.25) is 5.91 Å². The average molecular weight is 408 g/mol. The third-order valence-electron chi connectivity index (χ3n) is 5.25. The largest absolute Gasteiger partial charge is 0.355 e. The van der Waals surface area contributed by atoms with E-state index in [-0.39, 0.29) is 5.91 Å². The Morgan fingerprint density at radius 2 is 1.94 bits per heavy atom. The first kappa shape index (κ1) is 20.4. The van der Waals surface area contributed by atoms with E-state index in [0.717, 1.165) is 51.3 Å². The van der Waals surface area contributed by atoms with Gasteiger partial charge in [0, 0.05) is 50.9 Å². The second-order valence-electron chi connectivity index (χ2n) is 7.43. The topological polar surface area (TPSA) is 57.8 Å². The lowest BCUT2D eigenvalue weighted by Crippen LogP contribution is -2.07. The van der Waals surface area contributed by atoms with Crippen molar-refractivity contribution in [2.45, 2.75) is 20.3 Å². The lowest BCUT2D eigenvalue weighted by atomic mass is 9.96. The summed E-state index contributed by atoms with van der Waals surface area (Å²) in [6.45, 7) is 7.68. The van der Waals surface area contributed by atoms with E-state index in [1.807, 2.05) is 43.5 Å². The summed E-state index contributed by atoms with van der Waals surface area (Å²) in [5.74, 6) is -0.230. The molecule has 154 valence electrons. The molecule has 1 amide bonds. The minimum Gasteiger partial charge on any atom is -0.355 e. The third kappa shape index (κ3) is 4.33. The van der Waals surface area contributed by atoms with Crippen molar-refractivity contribution < 1.29 is 4.79 Å². The van der Waals surface area contributed by atoms with Crippen molar-refractivity contribution in [2.24, 2.45) is 0 Å². The number of aromatic amines is 1. The number of amides is 1. The fraction of sp³-hybridized carbons (Fsp3) is 0.111. The molecular formula is C27H25N3O. The maximum atomic E-state index is 11.7. The molecule has 4 nitrogen and oxygen atoms in total. The van der Waals surface area contributed by atoms with Crippen LogP contribution in [0, 0.1) is 6.92 Å². The smallest absolute Gasteiger partial charge is 0.247 e. The molecule has 0 bridgehead atoms. The van der Waals surface area contributed by atoms with Gasteiger partial charge >= 0.3 is 0 Å². The number of pyridine rings is 1. The lowest BCUT2D eigenvalue weighted by Gasteiger charge is -2.12. The predicted octanol–water partition coefficient (Wildman–Crippen LogP) is 6.50. The van der Waals surface area contributed by atoms with Crippen molar-refractivity contribution in [2.75, 3.05) is 5.32 Å². The Hall–Kier alpha value is -3.92. The van der Waals surface area contributed by atoms with Gasteiger partial charge in [0.1, 0.15) is 0 Å². The van der Waals surface area contributed by atoms with Crippen LogP contribution >= 0.6 is 0 Å². The number of carbonyl (C=O) groups excluding carboxylic acids is 1. The zero-order valence-electron chi connectivity index (χ0n) is 17.8. The number of nitrogens with zero attached hydrogens (tertiary/aromatic N) is 1. The van der Waals surface area contributed by atoms with Crippen molar-refractivity contribution >= 4 is 28.1 Å². The summed E-state index contributed by atoms with van der Waals surface area (Å²) in [6, 6.07) is 20.4. The number of nitrogens with one attached hydrogen (secondary N) is 2. The van der Waals surface area contributed by atoms with Crippen molar-refractivity contribution in [1.82, 2.24) is 9.97 Å². The Morgan fingerprint density at radius 3 is 2.71 bits per heavy atom. The van der Waals surface area contributed by atoms with Gasteiger partial charge in [0.05, 0.1) is 0 Å². The first-order valence-electron chi connectivity index (χ1n) is 10.4. The molecule has 0 aliphatic rings. The monoisotopic (exact) mass is 407 g/mol. The van der Waals surface area contributed by atoms with Crippen LogP contribution in [-0.4, -0.2) is 15.9 Å². The van der Waals surface area contributed by atoms with Gasteiger partial charge in [-0.3, -0.25) is 9.78 Å². The van der Waals surface area contributed by atoms with Gasteiger partial charge in [0.25, 0.3) is 0 Å². The molecule has 2 aromatic carbocycles. The summed E-state index contributed by atoms with van der Waals surface area (Å²) in [5, 5.41) is 4.00. The fourth-order valence-corrected chi connectivity index (χ4v) is 3.72. The van der Waals surface area contributed by atoms with Crippen LogP contribution in [0.4, 0.5) is 5.69 Å². The molecule has 0 saturated carbocycles. The normalized spacial score (nSPS) is 11.5. The van der Waals surface area contributed by atoms with E-state index in [4.69, 9.17) is 0 Å². The van der Waals surface area contributed by atoms with Crippen LogP contribution in [-0.2, 0) is 4.79 Å². The van der Waals surface area contributed by atoms with Crippen molar-refractivity contribution in [3.63, 3.8) is 0 Å². The minimum absolute atomic E-state index is 0.230. The second kappa shape index (κ2) is 8.84. The Morgan fingerprint density at radius 1 is 1.10 bits per heavy atom. The number of rotatable bonds is 6. The Labute approximate surface area is 182 Å². The van der Waals surface area contributed by atoms with Crippen LogP contribution in [0.15, 0.2) is 85.6 Å². The van der Waals surface area contributed by atoms with Gasteiger partial charge in [-0.1, -0.05) is 49.9 Å². The van der Waals surface area contributed by atoms with E-state index in [9.17, 15) is 4.79 Å². The molecule has 0 aliphatic carbocycles. The summed E-state index contributed by atoms with van der Waals surface area (Å²) in [6.07, 6.45) is 6.29. The number of aryl methyl sites for hydroxylation is 1. The van der Waals surface area contributed by atoms with Crippen molar-refractivity contribution in [1.29, 1.82) is 0 Å². The molecule has 4 aromatic rings. The van der Waals surface area contributed by atoms with Crippen molar-refractivity contribution in [3.8, 4) is 11.1 Å². The van der Waals surface area contributed by atoms with E-state index < -0.39 is 0 Å². The van der Waals surface area contributed by atoms with Crippen LogP contribution in [0.2, 0.25) is 0 Å². The molecular weight excluding hydrogens is 382 g/mol. The number of carbonyl (C=O) groups is 1. The van der Waals surface area contributed by atoms with E-state index in [1.54, 1.807) is 0 Å². The zero-order valence-corrected chi connectivity index (χ0v) is 17.8. The number of hydrogen-bond donors (Lipinski definition) is 2. The van der Waals surface area contributed by atoms with Crippen LogP contribution in [0.5, 0.6) is 0 Å². The SMILES string of the molecule is C=CC(=O)Nc1cccc(-c2cnc(C)c(/C(=C\CC)c3cc4ccccc4[nH]3)c2)c1. The highest BCUT2D eigenvalue weighted by atomic mass is 16.1. The van der Waals surface area contributed by atoms with Crippen molar-refractivity contribution in [3.05, 3.63) is 103 Å². The fourth-order valence-electron chi connectivity index (χ4n) is 3.72. The molecule has 0 radical (unpaired) electrons. The highest BCUT2D eigenvalue weighted by Crippen LogP contribution is 2.32. The van der Waals surface area contributed by atoms with E-state index >= 15 is 0 Å². The summed E-state index contributed by atoms with van der Waals surface area (Å²) in [4.78, 5) is 19.9. The molecule has 2 heterocycles. The minimum atomic E-state index is -0.230. The molecule has 0 unspecified atom stereocenters. The molecule has 2 N–H and O–H groups in total. The summed E-state index contributed by atoms with van der Waals surface area (Å²) < 4.78 is 0. The van der Waals surface area contributed by atoms with Gasteiger partial charge in [0.15, 0.2) is 0 Å². The number of fused-ring (bicyclic) bond motifs is 1. The third-order valence-corrected chi connectivity index (χ3v) is 5.25. The Balaban J connectivity index is 1.77. The van der Waals surface area contributed by atoms with Crippen LogP contribution in [0.3, 0.4) is 0 Å². The van der Waals surface area contributed by atoms with E-state index in [1.165, 1.54) is 11.5 Å². The maximum Gasteiger partial charge on any atom is 0.247 e. The van der Waals surface area contributed by atoms with Crippen LogP contribution < -0.4 is 5.32 Å². The van der Waals surface area contributed by atoms with E-state index in [0.29, 0.717) is 0 Å². The van der Waals surface area contributed by atoms with Gasteiger partial charge < -0.3 is 10.3 Å². The Kier molecular flexibility index (Phi) is 5.80. The molecule has 0 saturated heterocycles. The first-order chi connectivity index (χ1) is 15.1. The standard InChI is InChI=1S/C27H25N3O/c1-4-9-23(26-16-20-10-6-7-13-25(20)30-26)24-15-21(17-28-18(24)3)19-11-8-12-22(14-19)29-27(31)5-2/h5-17,30H,2,4H2,1,3H3,(H,29,31)/b23-9+. The predicted molar refractivity (Wildman–Crippen MR) is 129 cm³/mol. The first-order valence-corrected chi connectivity index (χ1v) is 10.4. The molecule has 4 heteroatoms. The molecule has 2 aromatic heterocycles. The van der Waals surface area contributed by atoms with E-state index in [2.05, 4.69) is 65.2 Å². The molecule has 0 aliphatic heterocycles. The molecule has 4 rings (SSSR count). The molecule has 0 fully saturated rings. The van der Waals surface area contributed by atoms with Gasteiger partial charge in [-0.2, -0.15) is 0 Å². The number of para-hydroxylation sites is 1. The number of anilines is 1. The Bertz CT molecular complexity index is 1260. The number of aromatic nitrogens is 2. The quantitative estimate of drug-likeness (QED) is 0.358. The lowest BCUT2D eigenvalue weighted by molar-refractivity contribution is -0.111. The number of benzene rings is 2. The van der Waals surface area contributed by atoms with Crippen LogP contribution in [0.1, 0.15) is 30.3 Å². The van der Waals surface area contributed by atoms with Crippen LogP contribution in [0.25, 0.3) is 27.6 Å². The zero-order chi connectivity index (χ0) is 21.8. The molecule has 31 heavy (non-hydrogen) atoms. The van der Waals surface area contributed by atoms with Gasteiger partial charge in [-0.25, -0.2) is 0 Å². The van der Waals surface area contributed by atoms with Gasteiger partial charge in [-0.05, 0) is 55.3 Å². The molecule has 0 spiro atoms. The highest BCUT2D eigenvalue weighted by Gasteiger charge is 2.13. The summed E-state index contributed by atoms with van der Waals surface area (Å²) >= 11 is 0. The highest BCUT2D eigenvalue weighted by molar-refractivity contribution is 5.99. The maximum absolute atomic E-state index is 11.7.